The summed E-state index contributed by atoms with van der Waals surface area (Å²) < 4.78 is 5.11. The molecule has 0 aliphatic heterocycles. The maximum atomic E-state index is 10.9. The largest absolute Gasteiger partial charge is 0.453 e. The highest BCUT2D eigenvalue weighted by Gasteiger charge is 2.23. The zero-order valence-corrected chi connectivity index (χ0v) is 9.34. The molecule has 0 bridgehead atoms. The molecular formula is C8H14INO2. The molecule has 0 heterocycles. The van der Waals surface area contributed by atoms with Crippen LogP contribution >= 0.6 is 22.6 Å². The molecule has 0 aromatic heterocycles. The van der Waals surface area contributed by atoms with Crippen molar-refractivity contribution in [2.75, 3.05) is 7.11 Å². The minimum absolute atomic E-state index is 0.302. The van der Waals surface area contributed by atoms with Crippen molar-refractivity contribution in [1.82, 2.24) is 5.32 Å². The minimum Gasteiger partial charge on any atom is -0.453 e. The first kappa shape index (κ1) is 10.1. The molecule has 1 aliphatic carbocycles. The lowest BCUT2D eigenvalue weighted by Crippen LogP contribution is -2.42. The van der Waals surface area contributed by atoms with Crippen molar-refractivity contribution in [2.45, 2.75) is 35.6 Å². The Balaban J connectivity index is 2.33. The fraction of sp³-hybridized carbons (Fsp3) is 0.875. The molecule has 1 rings (SSSR count). The average molecular weight is 283 g/mol. The van der Waals surface area contributed by atoms with E-state index < -0.39 is 0 Å². The standard InChI is InChI=1S/C8H14INO2/c1-12-8(11)10-7-5-3-2-4-6(7)9/h6-7H,2-5H2,1H3,(H,10,11)/t6-,7+/m1/s1. The number of alkyl halides is 1. The van der Waals surface area contributed by atoms with Crippen LogP contribution < -0.4 is 5.32 Å². The summed E-state index contributed by atoms with van der Waals surface area (Å²) in [6, 6.07) is 0.312. The Morgan fingerprint density at radius 3 is 2.75 bits per heavy atom. The van der Waals surface area contributed by atoms with E-state index in [9.17, 15) is 4.79 Å². The molecule has 0 aromatic carbocycles. The van der Waals surface area contributed by atoms with Gasteiger partial charge in [0.05, 0.1) is 7.11 Å². The van der Waals surface area contributed by atoms with E-state index in [1.54, 1.807) is 0 Å². The molecule has 1 fully saturated rings. The van der Waals surface area contributed by atoms with Crippen LogP contribution in [-0.2, 0) is 4.74 Å². The SMILES string of the molecule is COC(=O)N[C@H]1CCCC[C@H]1I. The minimum atomic E-state index is -0.302. The molecule has 3 nitrogen and oxygen atoms in total. The average Bonchev–Trinajstić information content (AvgIpc) is 2.09. The maximum absolute atomic E-state index is 10.9. The number of carbonyl (C=O) groups excluding carboxylic acids is 1. The maximum Gasteiger partial charge on any atom is 0.407 e. The number of halogens is 1. The summed E-state index contributed by atoms with van der Waals surface area (Å²) in [4.78, 5) is 10.9. The summed E-state index contributed by atoms with van der Waals surface area (Å²) in [7, 11) is 1.40. The third-order valence-corrected chi connectivity index (χ3v) is 3.66. The van der Waals surface area contributed by atoms with Crippen LogP contribution in [0.5, 0.6) is 0 Å². The van der Waals surface area contributed by atoms with Gasteiger partial charge in [0.25, 0.3) is 0 Å². The smallest absolute Gasteiger partial charge is 0.407 e. The van der Waals surface area contributed by atoms with Crippen LogP contribution in [0.1, 0.15) is 25.7 Å². The molecule has 70 valence electrons. The fourth-order valence-electron chi connectivity index (χ4n) is 1.46. The van der Waals surface area contributed by atoms with E-state index in [2.05, 4.69) is 32.6 Å². The highest BCUT2D eigenvalue weighted by atomic mass is 127. The summed E-state index contributed by atoms with van der Waals surface area (Å²) in [6.45, 7) is 0. The second-order valence-corrected chi connectivity index (χ2v) is 4.64. The Labute approximate surface area is 86.4 Å². The van der Waals surface area contributed by atoms with Gasteiger partial charge in [0.15, 0.2) is 0 Å². The predicted octanol–water partition coefficient (Wildman–Crippen LogP) is 2.09. The van der Waals surface area contributed by atoms with Gasteiger partial charge in [0, 0.05) is 9.97 Å². The molecule has 0 spiro atoms. The number of amides is 1. The van der Waals surface area contributed by atoms with Gasteiger partial charge in [-0.2, -0.15) is 0 Å². The van der Waals surface area contributed by atoms with E-state index in [0.29, 0.717) is 9.97 Å². The lowest BCUT2D eigenvalue weighted by atomic mass is 9.96. The van der Waals surface area contributed by atoms with Crippen LogP contribution in [0.2, 0.25) is 0 Å². The van der Waals surface area contributed by atoms with Gasteiger partial charge < -0.3 is 10.1 Å². The van der Waals surface area contributed by atoms with Gasteiger partial charge >= 0.3 is 6.09 Å². The summed E-state index contributed by atoms with van der Waals surface area (Å²) in [5, 5.41) is 2.85. The lowest BCUT2D eigenvalue weighted by Gasteiger charge is -2.27. The van der Waals surface area contributed by atoms with Crippen LogP contribution in [0.25, 0.3) is 0 Å². The van der Waals surface area contributed by atoms with Gasteiger partial charge in [0.2, 0.25) is 0 Å². The van der Waals surface area contributed by atoms with Crippen molar-refractivity contribution >= 4 is 28.7 Å². The third-order valence-electron chi connectivity index (χ3n) is 2.17. The van der Waals surface area contributed by atoms with Crippen molar-refractivity contribution in [2.24, 2.45) is 0 Å². The predicted molar refractivity (Wildman–Crippen MR) is 55.6 cm³/mol. The van der Waals surface area contributed by atoms with Crippen LogP contribution in [-0.4, -0.2) is 23.2 Å². The molecule has 0 aromatic rings. The number of ether oxygens (including phenoxy) is 1. The van der Waals surface area contributed by atoms with E-state index >= 15 is 0 Å². The first-order valence-electron chi connectivity index (χ1n) is 4.22. The van der Waals surface area contributed by atoms with Crippen LogP contribution in [0.4, 0.5) is 4.79 Å². The van der Waals surface area contributed by atoms with Gasteiger partial charge in [-0.25, -0.2) is 4.79 Å². The van der Waals surface area contributed by atoms with E-state index in [0.717, 1.165) is 6.42 Å². The van der Waals surface area contributed by atoms with Crippen LogP contribution in [0, 0.1) is 0 Å². The molecule has 0 saturated heterocycles. The van der Waals surface area contributed by atoms with Crippen molar-refractivity contribution in [1.29, 1.82) is 0 Å². The van der Waals surface area contributed by atoms with Gasteiger partial charge in [-0.3, -0.25) is 0 Å². The molecule has 12 heavy (non-hydrogen) atoms. The Bertz CT molecular complexity index is 163. The van der Waals surface area contributed by atoms with Gasteiger partial charge in [-0.05, 0) is 12.8 Å². The second-order valence-electron chi connectivity index (χ2n) is 3.04. The lowest BCUT2D eigenvalue weighted by molar-refractivity contribution is 0.164. The summed E-state index contributed by atoms with van der Waals surface area (Å²) >= 11 is 2.40. The third kappa shape index (κ3) is 2.80. The Morgan fingerprint density at radius 2 is 2.17 bits per heavy atom. The number of carbonyl (C=O) groups is 1. The van der Waals surface area contributed by atoms with Crippen LogP contribution in [0.3, 0.4) is 0 Å². The van der Waals surface area contributed by atoms with Gasteiger partial charge in [0.1, 0.15) is 0 Å². The second kappa shape index (κ2) is 4.89. The quantitative estimate of drug-likeness (QED) is 0.591. The number of alkyl carbamates (subject to hydrolysis) is 1. The molecule has 1 saturated carbocycles. The van der Waals surface area contributed by atoms with Crippen molar-refractivity contribution in [3.8, 4) is 0 Å². The van der Waals surface area contributed by atoms with Crippen molar-refractivity contribution in [3.63, 3.8) is 0 Å². The Morgan fingerprint density at radius 1 is 1.50 bits per heavy atom. The monoisotopic (exact) mass is 283 g/mol. The van der Waals surface area contributed by atoms with Gasteiger partial charge in [-0.15, -0.1) is 0 Å². The van der Waals surface area contributed by atoms with Crippen LogP contribution in [0.15, 0.2) is 0 Å². The zero-order valence-electron chi connectivity index (χ0n) is 7.18. The molecular weight excluding hydrogens is 269 g/mol. The number of rotatable bonds is 1. The molecule has 1 aliphatic rings. The molecule has 1 amide bonds. The molecule has 1 N–H and O–H groups in total. The highest BCUT2D eigenvalue weighted by molar-refractivity contribution is 14.1. The van der Waals surface area contributed by atoms with E-state index in [1.165, 1.54) is 26.4 Å². The Hall–Kier alpha value is 0. The molecule has 4 heteroatoms. The zero-order chi connectivity index (χ0) is 8.97. The Kier molecular flexibility index (Phi) is 4.11. The van der Waals surface area contributed by atoms with Gasteiger partial charge in [-0.1, -0.05) is 35.4 Å². The normalized spacial score (nSPS) is 29.5. The molecule has 2 atom stereocenters. The molecule has 0 radical (unpaired) electrons. The number of hydrogen-bond acceptors (Lipinski definition) is 2. The summed E-state index contributed by atoms with van der Waals surface area (Å²) in [6.07, 6.45) is 4.49. The highest BCUT2D eigenvalue weighted by Crippen LogP contribution is 2.24. The topological polar surface area (TPSA) is 38.3 Å². The van der Waals surface area contributed by atoms with Crippen molar-refractivity contribution in [3.05, 3.63) is 0 Å². The summed E-state index contributed by atoms with van der Waals surface area (Å²) in [5.41, 5.74) is 0. The first-order chi connectivity index (χ1) is 5.74. The molecule has 0 unspecified atom stereocenters. The van der Waals surface area contributed by atoms with E-state index in [-0.39, 0.29) is 6.09 Å². The number of methoxy groups -OCH3 is 1. The summed E-state index contributed by atoms with van der Waals surface area (Å²) in [5.74, 6) is 0. The number of hydrogen-bond donors (Lipinski definition) is 1. The van der Waals surface area contributed by atoms with E-state index in [4.69, 9.17) is 0 Å². The fourth-order valence-corrected chi connectivity index (χ4v) is 2.44. The van der Waals surface area contributed by atoms with Crippen molar-refractivity contribution < 1.29 is 9.53 Å². The number of nitrogens with one attached hydrogen (secondary N) is 1. The first-order valence-corrected chi connectivity index (χ1v) is 5.47. The van der Waals surface area contributed by atoms with E-state index in [1.807, 2.05) is 0 Å².